The maximum absolute atomic E-state index is 12.1. The van der Waals surface area contributed by atoms with Crippen LogP contribution >= 0.6 is 11.3 Å². The highest BCUT2D eigenvalue weighted by Crippen LogP contribution is 2.17. The van der Waals surface area contributed by atoms with E-state index in [2.05, 4.69) is 12.2 Å². The van der Waals surface area contributed by atoms with Crippen molar-refractivity contribution in [2.75, 3.05) is 19.6 Å². The summed E-state index contributed by atoms with van der Waals surface area (Å²) in [6.45, 7) is 6.67. The average molecular weight is 224 g/mol. The van der Waals surface area contributed by atoms with Gasteiger partial charge in [-0.3, -0.25) is 4.79 Å². The van der Waals surface area contributed by atoms with Crippen LogP contribution < -0.4 is 5.32 Å². The number of rotatable bonds is 1. The highest BCUT2D eigenvalue weighted by Gasteiger charge is 2.22. The van der Waals surface area contributed by atoms with Crippen LogP contribution in [-0.4, -0.2) is 36.5 Å². The van der Waals surface area contributed by atoms with E-state index < -0.39 is 0 Å². The van der Waals surface area contributed by atoms with Crippen LogP contribution in [0.25, 0.3) is 0 Å². The van der Waals surface area contributed by atoms with E-state index in [1.807, 2.05) is 24.0 Å². The number of piperazine rings is 1. The summed E-state index contributed by atoms with van der Waals surface area (Å²) in [7, 11) is 0. The van der Waals surface area contributed by atoms with Crippen LogP contribution in [0.15, 0.2) is 12.1 Å². The molecule has 0 bridgehead atoms. The van der Waals surface area contributed by atoms with Gasteiger partial charge in [0.25, 0.3) is 5.91 Å². The predicted octanol–water partition coefficient (Wildman–Crippen LogP) is 1.49. The summed E-state index contributed by atoms with van der Waals surface area (Å²) in [6, 6.07) is 4.34. The first kappa shape index (κ1) is 10.6. The third-order valence-electron chi connectivity index (χ3n) is 2.61. The van der Waals surface area contributed by atoms with E-state index in [1.165, 1.54) is 4.88 Å². The van der Waals surface area contributed by atoms with Crippen molar-refractivity contribution < 1.29 is 4.79 Å². The maximum Gasteiger partial charge on any atom is 0.264 e. The first-order valence-corrected chi connectivity index (χ1v) is 6.07. The SMILES string of the molecule is Cc1ccc(C(=O)N2CCNC(C)C2)s1. The third-order valence-corrected chi connectivity index (χ3v) is 3.60. The molecule has 2 heterocycles. The molecule has 0 saturated carbocycles. The minimum Gasteiger partial charge on any atom is -0.335 e. The number of nitrogens with zero attached hydrogens (tertiary/aromatic N) is 1. The Balaban J connectivity index is 2.07. The maximum atomic E-state index is 12.1. The summed E-state index contributed by atoms with van der Waals surface area (Å²) < 4.78 is 0. The number of amides is 1. The molecule has 0 aromatic carbocycles. The lowest BCUT2D eigenvalue weighted by Crippen LogP contribution is -2.51. The second-order valence-corrected chi connectivity index (χ2v) is 5.30. The van der Waals surface area contributed by atoms with Crippen molar-refractivity contribution in [1.82, 2.24) is 10.2 Å². The summed E-state index contributed by atoms with van der Waals surface area (Å²) in [4.78, 5) is 16.1. The van der Waals surface area contributed by atoms with E-state index in [4.69, 9.17) is 0 Å². The summed E-state index contributed by atoms with van der Waals surface area (Å²) >= 11 is 1.58. The molecule has 1 aliphatic heterocycles. The molecule has 1 N–H and O–H groups in total. The van der Waals surface area contributed by atoms with E-state index in [1.54, 1.807) is 11.3 Å². The molecule has 1 aromatic heterocycles. The number of thiophene rings is 1. The second-order valence-electron chi connectivity index (χ2n) is 4.02. The summed E-state index contributed by atoms with van der Waals surface area (Å²) in [5, 5.41) is 3.33. The van der Waals surface area contributed by atoms with Gasteiger partial charge in [0.1, 0.15) is 0 Å². The van der Waals surface area contributed by atoms with Crippen LogP contribution in [-0.2, 0) is 0 Å². The molecule has 1 amide bonds. The Morgan fingerprint density at radius 2 is 2.40 bits per heavy atom. The molecule has 0 spiro atoms. The third kappa shape index (κ3) is 2.38. The molecule has 1 saturated heterocycles. The number of carbonyl (C=O) groups excluding carboxylic acids is 1. The zero-order chi connectivity index (χ0) is 10.8. The number of hydrogen-bond donors (Lipinski definition) is 1. The molecule has 1 unspecified atom stereocenters. The topological polar surface area (TPSA) is 32.3 Å². The van der Waals surface area contributed by atoms with Crippen LogP contribution in [0.2, 0.25) is 0 Å². The molecule has 1 aromatic rings. The van der Waals surface area contributed by atoms with Gasteiger partial charge in [-0.15, -0.1) is 11.3 Å². The Morgan fingerprint density at radius 3 is 3.00 bits per heavy atom. The first-order valence-electron chi connectivity index (χ1n) is 5.26. The summed E-state index contributed by atoms with van der Waals surface area (Å²) in [5.74, 6) is 0.182. The summed E-state index contributed by atoms with van der Waals surface area (Å²) in [5.41, 5.74) is 0. The van der Waals surface area contributed by atoms with Gasteiger partial charge in [0.15, 0.2) is 0 Å². The van der Waals surface area contributed by atoms with E-state index in [9.17, 15) is 4.79 Å². The van der Waals surface area contributed by atoms with Gasteiger partial charge in [0, 0.05) is 30.6 Å². The molecule has 15 heavy (non-hydrogen) atoms. The minimum absolute atomic E-state index is 0.182. The highest BCUT2D eigenvalue weighted by molar-refractivity contribution is 7.13. The van der Waals surface area contributed by atoms with E-state index in [0.29, 0.717) is 6.04 Å². The Kier molecular flexibility index (Phi) is 3.07. The molecule has 1 atom stereocenters. The van der Waals surface area contributed by atoms with Crippen LogP contribution in [0.1, 0.15) is 21.5 Å². The monoisotopic (exact) mass is 224 g/mol. The zero-order valence-electron chi connectivity index (χ0n) is 9.12. The van der Waals surface area contributed by atoms with Crippen LogP contribution in [0, 0.1) is 6.92 Å². The quantitative estimate of drug-likeness (QED) is 0.784. The molecule has 1 fully saturated rings. The van der Waals surface area contributed by atoms with Gasteiger partial charge in [0.05, 0.1) is 4.88 Å². The molecular formula is C11H16N2OS. The van der Waals surface area contributed by atoms with Crippen LogP contribution in [0.3, 0.4) is 0 Å². The van der Waals surface area contributed by atoms with Gasteiger partial charge in [-0.1, -0.05) is 0 Å². The lowest BCUT2D eigenvalue weighted by Gasteiger charge is -2.31. The highest BCUT2D eigenvalue weighted by atomic mass is 32.1. The second kappa shape index (κ2) is 4.33. The van der Waals surface area contributed by atoms with E-state index in [0.717, 1.165) is 24.5 Å². The number of aryl methyl sites for hydroxylation is 1. The van der Waals surface area contributed by atoms with Crippen molar-refractivity contribution in [3.05, 3.63) is 21.9 Å². The fraction of sp³-hybridized carbons (Fsp3) is 0.545. The van der Waals surface area contributed by atoms with Crippen molar-refractivity contribution in [2.24, 2.45) is 0 Å². The van der Waals surface area contributed by atoms with Crippen LogP contribution in [0.4, 0.5) is 0 Å². The van der Waals surface area contributed by atoms with Gasteiger partial charge in [0.2, 0.25) is 0 Å². The van der Waals surface area contributed by atoms with Crippen LogP contribution in [0.5, 0.6) is 0 Å². The fourth-order valence-corrected chi connectivity index (χ4v) is 2.66. The van der Waals surface area contributed by atoms with Gasteiger partial charge in [-0.25, -0.2) is 0 Å². The fourth-order valence-electron chi connectivity index (χ4n) is 1.82. The lowest BCUT2D eigenvalue weighted by molar-refractivity contribution is 0.0714. The number of hydrogen-bond acceptors (Lipinski definition) is 3. The zero-order valence-corrected chi connectivity index (χ0v) is 9.93. The first-order chi connectivity index (χ1) is 7.16. The Hall–Kier alpha value is -0.870. The molecule has 3 nitrogen and oxygen atoms in total. The minimum atomic E-state index is 0.182. The molecule has 2 rings (SSSR count). The van der Waals surface area contributed by atoms with Gasteiger partial charge in [-0.05, 0) is 26.0 Å². The summed E-state index contributed by atoms with van der Waals surface area (Å²) in [6.07, 6.45) is 0. The standard InChI is InChI=1S/C11H16N2OS/c1-8-7-13(6-5-12-8)11(14)10-4-3-9(2)15-10/h3-4,8,12H,5-7H2,1-2H3. The van der Waals surface area contributed by atoms with Gasteiger partial charge < -0.3 is 10.2 Å². The van der Waals surface area contributed by atoms with Gasteiger partial charge in [-0.2, -0.15) is 0 Å². The molecule has 0 radical (unpaired) electrons. The molecule has 0 aliphatic carbocycles. The molecule has 82 valence electrons. The van der Waals surface area contributed by atoms with Crippen molar-refractivity contribution in [3.63, 3.8) is 0 Å². The lowest BCUT2D eigenvalue weighted by atomic mass is 10.2. The Morgan fingerprint density at radius 1 is 1.60 bits per heavy atom. The number of carbonyl (C=O) groups is 1. The van der Waals surface area contributed by atoms with Crippen molar-refractivity contribution in [1.29, 1.82) is 0 Å². The molecule has 1 aliphatic rings. The average Bonchev–Trinajstić information content (AvgIpc) is 2.64. The van der Waals surface area contributed by atoms with E-state index in [-0.39, 0.29) is 5.91 Å². The van der Waals surface area contributed by atoms with Crippen molar-refractivity contribution >= 4 is 17.2 Å². The molecule has 4 heteroatoms. The van der Waals surface area contributed by atoms with E-state index >= 15 is 0 Å². The largest absolute Gasteiger partial charge is 0.335 e. The smallest absolute Gasteiger partial charge is 0.264 e. The Labute approximate surface area is 94.1 Å². The predicted molar refractivity (Wildman–Crippen MR) is 62.4 cm³/mol. The normalized spacial score (nSPS) is 21.7. The van der Waals surface area contributed by atoms with Gasteiger partial charge >= 0.3 is 0 Å². The van der Waals surface area contributed by atoms with Crippen molar-refractivity contribution in [2.45, 2.75) is 19.9 Å². The number of nitrogens with one attached hydrogen (secondary N) is 1. The molecular weight excluding hydrogens is 208 g/mol. The Bertz CT molecular complexity index is 361. The van der Waals surface area contributed by atoms with Crippen molar-refractivity contribution in [3.8, 4) is 0 Å².